The van der Waals surface area contributed by atoms with Gasteiger partial charge in [-0.1, -0.05) is 26.0 Å². The maximum absolute atomic E-state index is 12.0. The van der Waals surface area contributed by atoms with Crippen molar-refractivity contribution >= 4 is 17.5 Å². The largest absolute Gasteiger partial charge is 0.395 e. The number of hydrogen-bond donors (Lipinski definition) is 3. The highest BCUT2D eigenvalue weighted by Crippen LogP contribution is 2.25. The number of imide groups is 1. The number of carbonyl (C=O) groups is 2. The van der Waals surface area contributed by atoms with Crippen LogP contribution in [0.5, 0.6) is 0 Å². The third-order valence-electron chi connectivity index (χ3n) is 3.67. The van der Waals surface area contributed by atoms with Crippen LogP contribution in [0.25, 0.3) is 0 Å². The van der Waals surface area contributed by atoms with Gasteiger partial charge in [0.15, 0.2) is 0 Å². The Morgan fingerprint density at radius 1 is 1.14 bits per heavy atom. The molecular formula is C16H20N2O4. The van der Waals surface area contributed by atoms with Gasteiger partial charge in [-0.3, -0.25) is 14.5 Å². The Morgan fingerprint density at radius 3 is 2.32 bits per heavy atom. The minimum absolute atomic E-state index is 0.0109. The van der Waals surface area contributed by atoms with Gasteiger partial charge in [-0.2, -0.15) is 0 Å². The Morgan fingerprint density at radius 2 is 1.77 bits per heavy atom. The summed E-state index contributed by atoms with van der Waals surface area (Å²) in [4.78, 5) is 24.7. The van der Waals surface area contributed by atoms with E-state index in [2.05, 4.69) is 5.32 Å². The maximum Gasteiger partial charge on any atom is 0.277 e. The van der Waals surface area contributed by atoms with E-state index in [1.165, 1.54) is 6.08 Å². The van der Waals surface area contributed by atoms with E-state index in [1.807, 2.05) is 26.0 Å². The quantitative estimate of drug-likeness (QED) is 0.670. The van der Waals surface area contributed by atoms with Gasteiger partial charge in [0.1, 0.15) is 5.70 Å². The normalized spacial score (nSPS) is 15.3. The Labute approximate surface area is 129 Å². The van der Waals surface area contributed by atoms with Crippen molar-refractivity contribution in [3.8, 4) is 0 Å². The summed E-state index contributed by atoms with van der Waals surface area (Å²) >= 11 is 0. The lowest BCUT2D eigenvalue weighted by Crippen LogP contribution is -2.34. The molecule has 6 heteroatoms. The third-order valence-corrected chi connectivity index (χ3v) is 3.67. The van der Waals surface area contributed by atoms with Crippen LogP contribution in [0.4, 0.5) is 5.69 Å². The fourth-order valence-electron chi connectivity index (χ4n) is 2.16. The molecule has 0 aliphatic carbocycles. The summed E-state index contributed by atoms with van der Waals surface area (Å²) in [7, 11) is 0. The first-order chi connectivity index (χ1) is 10.4. The van der Waals surface area contributed by atoms with Gasteiger partial charge >= 0.3 is 0 Å². The third kappa shape index (κ3) is 3.18. The average molecular weight is 304 g/mol. The van der Waals surface area contributed by atoms with Gasteiger partial charge < -0.3 is 15.5 Å². The molecule has 0 spiro atoms. The van der Waals surface area contributed by atoms with Crippen molar-refractivity contribution in [3.05, 3.63) is 41.6 Å². The molecule has 1 aromatic rings. The number of aliphatic hydroxyl groups excluding tert-OH is 2. The smallest absolute Gasteiger partial charge is 0.277 e. The van der Waals surface area contributed by atoms with Gasteiger partial charge in [-0.15, -0.1) is 0 Å². The van der Waals surface area contributed by atoms with Crippen LogP contribution < -0.4 is 5.32 Å². The number of nitrogens with one attached hydrogen (secondary N) is 1. The molecule has 118 valence electrons. The second-order valence-corrected chi connectivity index (χ2v) is 5.82. The first-order valence-corrected chi connectivity index (χ1v) is 7.06. The number of hydrogen-bond acceptors (Lipinski definition) is 5. The van der Waals surface area contributed by atoms with Crippen LogP contribution in [0.15, 0.2) is 36.0 Å². The van der Waals surface area contributed by atoms with Gasteiger partial charge in [0.05, 0.1) is 19.8 Å². The number of nitrogens with zero attached hydrogens (tertiary/aromatic N) is 1. The standard InChI is InChI=1S/C16H20N2O4/c1-16(2,10-20)11-3-5-12(6-4-11)17-13-9-14(21)18(7-8-19)15(13)22/h3-6,9,17,19-20H,7-8,10H2,1-2H3. The molecule has 0 fully saturated rings. The highest BCUT2D eigenvalue weighted by Gasteiger charge is 2.30. The van der Waals surface area contributed by atoms with Crippen molar-refractivity contribution in [1.29, 1.82) is 0 Å². The number of benzene rings is 1. The number of β-amino-alcohol motifs (C(OH)–C–C–N with tert-alkyl or cyclic N) is 1. The molecule has 2 rings (SSSR count). The number of rotatable bonds is 6. The number of anilines is 1. The number of carbonyl (C=O) groups excluding carboxylic acids is 2. The monoisotopic (exact) mass is 304 g/mol. The topological polar surface area (TPSA) is 89.9 Å². The second-order valence-electron chi connectivity index (χ2n) is 5.82. The fourth-order valence-corrected chi connectivity index (χ4v) is 2.16. The minimum atomic E-state index is -0.446. The number of amides is 2. The first kappa shape index (κ1) is 16.2. The summed E-state index contributed by atoms with van der Waals surface area (Å²) in [6.45, 7) is 3.63. The van der Waals surface area contributed by atoms with E-state index in [0.717, 1.165) is 10.5 Å². The predicted molar refractivity (Wildman–Crippen MR) is 82.1 cm³/mol. The van der Waals surface area contributed by atoms with Crippen molar-refractivity contribution in [3.63, 3.8) is 0 Å². The van der Waals surface area contributed by atoms with Gasteiger partial charge in [-0.05, 0) is 17.7 Å². The molecule has 0 radical (unpaired) electrons. The summed E-state index contributed by atoms with van der Waals surface area (Å²) in [5, 5.41) is 21.1. The van der Waals surface area contributed by atoms with E-state index in [9.17, 15) is 14.7 Å². The summed E-state index contributed by atoms with van der Waals surface area (Å²) in [6, 6.07) is 7.32. The lowest BCUT2D eigenvalue weighted by Gasteiger charge is -2.22. The van der Waals surface area contributed by atoms with Gasteiger partial charge in [0.2, 0.25) is 0 Å². The van der Waals surface area contributed by atoms with Crippen LogP contribution in [-0.4, -0.2) is 46.7 Å². The Hall–Kier alpha value is -2.18. The van der Waals surface area contributed by atoms with E-state index in [-0.39, 0.29) is 30.9 Å². The van der Waals surface area contributed by atoms with Crippen molar-refractivity contribution in [1.82, 2.24) is 4.90 Å². The van der Waals surface area contributed by atoms with Gasteiger partial charge in [0.25, 0.3) is 11.8 Å². The SMILES string of the molecule is CC(C)(CO)c1ccc(NC2=CC(=O)N(CCO)C2=O)cc1. The Balaban J connectivity index is 2.11. The van der Waals surface area contributed by atoms with Crippen LogP contribution in [0.3, 0.4) is 0 Å². The molecule has 2 amide bonds. The molecule has 22 heavy (non-hydrogen) atoms. The highest BCUT2D eigenvalue weighted by molar-refractivity contribution is 6.17. The van der Waals surface area contributed by atoms with E-state index < -0.39 is 11.8 Å². The molecule has 6 nitrogen and oxygen atoms in total. The fraction of sp³-hybridized carbons (Fsp3) is 0.375. The summed E-state index contributed by atoms with van der Waals surface area (Å²) < 4.78 is 0. The highest BCUT2D eigenvalue weighted by atomic mass is 16.3. The van der Waals surface area contributed by atoms with Crippen LogP contribution in [0.2, 0.25) is 0 Å². The van der Waals surface area contributed by atoms with Crippen molar-refractivity contribution < 1.29 is 19.8 Å². The van der Waals surface area contributed by atoms with Crippen molar-refractivity contribution in [2.75, 3.05) is 25.1 Å². The van der Waals surface area contributed by atoms with E-state index in [0.29, 0.717) is 5.69 Å². The zero-order chi connectivity index (χ0) is 16.3. The van der Waals surface area contributed by atoms with Gasteiger partial charge in [0, 0.05) is 17.2 Å². The molecule has 1 aliphatic heterocycles. The summed E-state index contributed by atoms with van der Waals surface area (Å²) in [5.74, 6) is -0.876. The maximum atomic E-state index is 12.0. The molecule has 0 aromatic heterocycles. The second kappa shape index (κ2) is 6.29. The number of aliphatic hydroxyl groups is 2. The zero-order valence-corrected chi connectivity index (χ0v) is 12.7. The molecule has 0 saturated heterocycles. The van der Waals surface area contributed by atoms with Gasteiger partial charge in [-0.25, -0.2) is 0 Å². The Kier molecular flexibility index (Phi) is 4.63. The summed E-state index contributed by atoms with van der Waals surface area (Å²) in [6.07, 6.45) is 1.23. The predicted octanol–water partition coefficient (Wildman–Crippen LogP) is 0.613. The molecule has 0 saturated carbocycles. The summed E-state index contributed by atoms with van der Waals surface area (Å²) in [5.41, 5.74) is 1.50. The van der Waals surface area contributed by atoms with E-state index >= 15 is 0 Å². The van der Waals surface area contributed by atoms with Crippen LogP contribution in [-0.2, 0) is 15.0 Å². The zero-order valence-electron chi connectivity index (χ0n) is 12.7. The molecule has 0 atom stereocenters. The van der Waals surface area contributed by atoms with Crippen molar-refractivity contribution in [2.24, 2.45) is 0 Å². The van der Waals surface area contributed by atoms with E-state index in [4.69, 9.17) is 5.11 Å². The molecule has 0 bridgehead atoms. The lowest BCUT2D eigenvalue weighted by atomic mass is 9.85. The van der Waals surface area contributed by atoms with Crippen molar-refractivity contribution in [2.45, 2.75) is 19.3 Å². The average Bonchev–Trinajstić information content (AvgIpc) is 2.76. The van der Waals surface area contributed by atoms with Crippen LogP contribution in [0.1, 0.15) is 19.4 Å². The molecule has 1 aliphatic rings. The molecule has 1 aromatic carbocycles. The van der Waals surface area contributed by atoms with Crippen LogP contribution in [0, 0.1) is 0 Å². The minimum Gasteiger partial charge on any atom is -0.395 e. The molecule has 0 unspecified atom stereocenters. The van der Waals surface area contributed by atoms with Crippen LogP contribution >= 0.6 is 0 Å². The Bertz CT molecular complexity index is 605. The molecular weight excluding hydrogens is 284 g/mol. The molecule has 3 N–H and O–H groups in total. The molecule has 1 heterocycles. The lowest BCUT2D eigenvalue weighted by molar-refractivity contribution is -0.137. The van der Waals surface area contributed by atoms with E-state index in [1.54, 1.807) is 12.1 Å². The first-order valence-electron chi connectivity index (χ1n) is 7.06.